The molecule has 12 nitrogen and oxygen atoms in total. The van der Waals surface area contributed by atoms with E-state index in [0.717, 1.165) is 136 Å². The minimum atomic E-state index is 0.577. The van der Waals surface area contributed by atoms with Gasteiger partial charge in [0.05, 0.1) is 55.2 Å². The number of nitrogens with one attached hydrogen (secondary N) is 1. The van der Waals surface area contributed by atoms with Gasteiger partial charge in [0.1, 0.15) is 55.9 Å². The lowest BCUT2D eigenvalue weighted by molar-refractivity contribution is 0.415. The van der Waals surface area contributed by atoms with E-state index in [1.165, 1.54) is 0 Å². The second kappa shape index (κ2) is 21.7. The number of H-pyrrole nitrogens is 1. The van der Waals surface area contributed by atoms with Gasteiger partial charge in [0.2, 0.25) is 0 Å². The molecule has 0 unspecified atom stereocenters. The molecule has 0 saturated heterocycles. The van der Waals surface area contributed by atoms with Gasteiger partial charge < -0.3 is 34.4 Å². The summed E-state index contributed by atoms with van der Waals surface area (Å²) in [6.07, 6.45) is 3.51. The van der Waals surface area contributed by atoms with Gasteiger partial charge >= 0.3 is 0 Å². The van der Waals surface area contributed by atoms with Gasteiger partial charge in [-0.3, -0.25) is 9.38 Å². The van der Waals surface area contributed by atoms with Crippen molar-refractivity contribution in [2.45, 2.75) is 0 Å². The predicted octanol–water partition coefficient (Wildman–Crippen LogP) is 18.0. The van der Waals surface area contributed by atoms with Crippen molar-refractivity contribution >= 4 is 161 Å². The van der Waals surface area contributed by atoms with Crippen molar-refractivity contribution in [1.82, 2.24) is 29.3 Å². The summed E-state index contributed by atoms with van der Waals surface area (Å²) in [5.41, 5.74) is 25.6. The number of methoxy groups -OCH3 is 1. The van der Waals surface area contributed by atoms with Crippen LogP contribution in [0.3, 0.4) is 0 Å². The number of imidazole rings is 2. The van der Waals surface area contributed by atoms with Crippen LogP contribution in [0, 0.1) is 3.57 Å². The quantitative estimate of drug-likeness (QED) is 0.0654. The van der Waals surface area contributed by atoms with E-state index in [-0.39, 0.29) is 0 Å². The maximum Gasteiger partial charge on any atom is 0.146 e. The summed E-state index contributed by atoms with van der Waals surface area (Å²) in [4.78, 5) is 21.6. The molecular formula is C67H46ClIN8O4. The van der Waals surface area contributed by atoms with Crippen LogP contribution in [-0.4, -0.2) is 36.4 Å². The normalized spacial score (nSPS) is 11.2. The van der Waals surface area contributed by atoms with Crippen LogP contribution < -0.4 is 16.2 Å². The van der Waals surface area contributed by atoms with Gasteiger partial charge in [-0.2, -0.15) is 0 Å². The topological polar surface area (TPSA) is 172 Å². The zero-order valence-electron chi connectivity index (χ0n) is 43.2. The van der Waals surface area contributed by atoms with Crippen LogP contribution in [0.5, 0.6) is 5.75 Å². The van der Waals surface area contributed by atoms with E-state index in [2.05, 4.69) is 103 Å². The fourth-order valence-corrected chi connectivity index (χ4v) is 10.5. The number of hydrogen-bond donors (Lipinski definition) is 3. The Hall–Kier alpha value is -9.96. The van der Waals surface area contributed by atoms with Crippen molar-refractivity contribution < 1.29 is 18.0 Å². The summed E-state index contributed by atoms with van der Waals surface area (Å²) in [6.45, 7) is 0. The predicted molar refractivity (Wildman–Crippen MR) is 339 cm³/mol. The molecule has 0 atom stereocenters. The Balaban J connectivity index is 0.000000104. The third-order valence-electron chi connectivity index (χ3n) is 13.9. The molecule has 0 fully saturated rings. The van der Waals surface area contributed by atoms with E-state index in [1.807, 2.05) is 152 Å². The molecule has 0 radical (unpaired) electrons. The zero-order valence-corrected chi connectivity index (χ0v) is 46.1. The molecule has 0 bridgehead atoms. The van der Waals surface area contributed by atoms with Gasteiger partial charge in [0.15, 0.2) is 0 Å². The van der Waals surface area contributed by atoms with Gasteiger partial charge in [-0.25, -0.2) is 15.0 Å². The van der Waals surface area contributed by atoms with Crippen LogP contribution in [0.1, 0.15) is 0 Å². The molecule has 17 rings (SSSR count). The molecule has 0 aliphatic heterocycles. The number of rotatable bonds is 2. The lowest BCUT2D eigenvalue weighted by atomic mass is 10.1. The Kier molecular flexibility index (Phi) is 13.5. The maximum atomic E-state index is 6.13. The number of halogens is 2. The molecule has 0 aliphatic carbocycles. The number of ether oxygens (including phenoxy) is 1. The third kappa shape index (κ3) is 9.78. The molecule has 5 N–H and O–H groups in total. The summed E-state index contributed by atoms with van der Waals surface area (Å²) in [5.74, 6) is 1.74. The van der Waals surface area contributed by atoms with Crippen molar-refractivity contribution in [2.24, 2.45) is 0 Å². The number of nitrogens with zero attached hydrogens (tertiary/aromatic N) is 5. The van der Waals surface area contributed by atoms with Crippen molar-refractivity contribution in [1.29, 1.82) is 0 Å². The second-order valence-electron chi connectivity index (χ2n) is 18.9. The van der Waals surface area contributed by atoms with Gasteiger partial charge in [-0.1, -0.05) is 103 Å². The molecule has 392 valence electrons. The molecule has 0 aliphatic rings. The lowest BCUT2D eigenvalue weighted by Crippen LogP contribution is -1.93. The van der Waals surface area contributed by atoms with Gasteiger partial charge in [0, 0.05) is 61.0 Å². The van der Waals surface area contributed by atoms with Crippen LogP contribution in [0.15, 0.2) is 244 Å². The molecule has 8 aromatic heterocycles. The minimum Gasteiger partial charge on any atom is -0.497 e. The molecule has 17 aromatic rings. The first-order valence-electron chi connectivity index (χ1n) is 25.8. The highest BCUT2D eigenvalue weighted by Crippen LogP contribution is 2.38. The highest BCUT2D eigenvalue weighted by molar-refractivity contribution is 14.1. The van der Waals surface area contributed by atoms with Crippen LogP contribution in [0.2, 0.25) is 5.15 Å². The molecule has 81 heavy (non-hydrogen) atoms. The SMILES string of the molecule is COc1ccc2oc3ccccc3c2c1.Clc1ncccc1I.Nc1ccccc1N.c1ccc2[nH]c(-c3ccc4oc5ccccc5c4c3)nc2c1.c1ccc2c(c1)nc1c3cc4c(cc3c3ncccc3n21)oc1ccccc14. The molecular weight excluding hydrogens is 1140 g/mol. The molecule has 0 saturated carbocycles. The van der Waals surface area contributed by atoms with E-state index in [9.17, 15) is 0 Å². The molecule has 9 aromatic carbocycles. The maximum absolute atomic E-state index is 6.13. The summed E-state index contributed by atoms with van der Waals surface area (Å²) in [6, 6.07) is 72.0. The number of pyridine rings is 3. The zero-order chi connectivity index (χ0) is 55.0. The van der Waals surface area contributed by atoms with Crippen molar-refractivity contribution in [3.63, 3.8) is 0 Å². The number of fused-ring (bicyclic) bond motifs is 18. The Morgan fingerprint density at radius 3 is 1.65 bits per heavy atom. The van der Waals surface area contributed by atoms with E-state index < -0.39 is 0 Å². The van der Waals surface area contributed by atoms with Crippen molar-refractivity contribution in [3.05, 3.63) is 240 Å². The summed E-state index contributed by atoms with van der Waals surface area (Å²) in [5, 5.41) is 9.43. The standard InChI is InChI=1S/C24H13N3O.C19H12N2O.C13H10O2.C6H8N2.C5H3ClIN/c1-4-10-21-14(6-1)15-12-17-16(13-22(15)28-21)23-20(9-5-11-25-23)27-19-8-3-2-7-18(19)26-24(17)27;1-4-8-17-13(5-1)14-11-12(9-10-18(14)22-17)19-20-15-6-2-3-7-16(15)21-19;1-14-9-6-7-13-11(8-9)10-4-2-3-5-12(10)15-13;7-5-3-1-2-4-6(5)8;6-5-4(7)2-1-3-8-5/h1-13H;1-11H,(H,20,21);2-8H,1H3;1-4H,7-8H2;1-3H. The first kappa shape index (κ1) is 50.5. The fraction of sp³-hybridized carbons (Fsp3) is 0.0149. The number of nitrogens with two attached hydrogens (primary N) is 2. The molecule has 14 heteroatoms. The third-order valence-corrected chi connectivity index (χ3v) is 15.4. The number of furan rings is 3. The number of anilines is 2. The highest BCUT2D eigenvalue weighted by atomic mass is 127. The molecule has 0 amide bonds. The van der Waals surface area contributed by atoms with Gasteiger partial charge in [-0.15, -0.1) is 0 Å². The smallest absolute Gasteiger partial charge is 0.146 e. The average Bonchev–Trinajstić information content (AvgIpc) is 4.52. The summed E-state index contributed by atoms with van der Waals surface area (Å²) in [7, 11) is 1.67. The van der Waals surface area contributed by atoms with E-state index in [0.29, 0.717) is 16.5 Å². The van der Waals surface area contributed by atoms with Crippen LogP contribution in [0.25, 0.3) is 127 Å². The molecule has 8 heterocycles. The van der Waals surface area contributed by atoms with Crippen LogP contribution >= 0.6 is 34.2 Å². The van der Waals surface area contributed by atoms with Crippen molar-refractivity contribution in [3.8, 4) is 17.1 Å². The lowest BCUT2D eigenvalue weighted by Gasteiger charge is -2.08. The Bertz CT molecular complexity index is 5040. The summed E-state index contributed by atoms with van der Waals surface area (Å²) < 4.78 is 26.1. The fourth-order valence-electron chi connectivity index (χ4n) is 10.1. The van der Waals surface area contributed by atoms with E-state index in [4.69, 9.17) is 51.0 Å². The van der Waals surface area contributed by atoms with E-state index >= 15 is 0 Å². The second-order valence-corrected chi connectivity index (χ2v) is 20.4. The highest BCUT2D eigenvalue weighted by Gasteiger charge is 2.18. The Morgan fingerprint density at radius 2 is 1.01 bits per heavy atom. The Morgan fingerprint density at radius 1 is 0.469 bits per heavy atom. The van der Waals surface area contributed by atoms with Crippen LogP contribution in [-0.2, 0) is 0 Å². The largest absolute Gasteiger partial charge is 0.497 e. The first-order chi connectivity index (χ1) is 39.8. The van der Waals surface area contributed by atoms with Gasteiger partial charge in [0.25, 0.3) is 0 Å². The van der Waals surface area contributed by atoms with Gasteiger partial charge in [-0.05, 0) is 150 Å². The number of para-hydroxylation sites is 9. The number of nitrogen functional groups attached to an aromatic ring is 2. The molecule has 0 spiro atoms. The number of aromatic nitrogens is 6. The minimum absolute atomic E-state index is 0.577. The Labute approximate surface area is 480 Å². The number of aromatic amines is 1. The first-order valence-corrected chi connectivity index (χ1v) is 27.3. The number of benzene rings is 9. The van der Waals surface area contributed by atoms with Crippen molar-refractivity contribution in [2.75, 3.05) is 18.6 Å². The summed E-state index contributed by atoms with van der Waals surface area (Å²) >= 11 is 7.72. The number of hydrogen-bond acceptors (Lipinski definition) is 10. The van der Waals surface area contributed by atoms with Crippen LogP contribution in [0.4, 0.5) is 11.4 Å². The monoisotopic (exact) mass is 1190 g/mol. The average molecular weight is 1190 g/mol. The van der Waals surface area contributed by atoms with E-state index in [1.54, 1.807) is 25.4 Å².